The normalized spacial score (nSPS) is 16.1. The Morgan fingerprint density at radius 1 is 1.17 bits per heavy atom. The van der Waals surface area contributed by atoms with E-state index in [9.17, 15) is 4.79 Å². The maximum atomic E-state index is 11.9. The van der Waals surface area contributed by atoms with Crippen molar-refractivity contribution >= 4 is 5.91 Å². The zero-order valence-corrected chi connectivity index (χ0v) is 14.2. The number of piperidine rings is 1. The van der Waals surface area contributed by atoms with E-state index < -0.39 is 0 Å². The van der Waals surface area contributed by atoms with Crippen molar-refractivity contribution in [3.8, 4) is 11.5 Å². The molecule has 1 aliphatic rings. The monoisotopic (exact) mass is 320 g/mol. The molecule has 23 heavy (non-hydrogen) atoms. The van der Waals surface area contributed by atoms with E-state index in [1.807, 2.05) is 31.2 Å². The number of hydrogen-bond donors (Lipinski definition) is 1. The Balaban J connectivity index is 1.58. The zero-order chi connectivity index (χ0) is 16.5. The minimum Gasteiger partial charge on any atom is -0.494 e. The number of hydrogen-bond acceptors (Lipinski definition) is 4. The van der Waals surface area contributed by atoms with Crippen molar-refractivity contribution in [2.24, 2.45) is 5.92 Å². The number of amides is 1. The highest BCUT2D eigenvalue weighted by Crippen LogP contribution is 2.17. The molecule has 1 N–H and O–H groups in total. The summed E-state index contributed by atoms with van der Waals surface area (Å²) in [4.78, 5) is 14.1. The lowest BCUT2D eigenvalue weighted by Crippen LogP contribution is -2.42. The fraction of sp³-hybridized carbons (Fsp3) is 0.611. The average molecular weight is 320 g/mol. The number of carbonyl (C=O) groups is 1. The SMILES string of the molecule is CCOc1ccc(OCCNC(=O)CN2CCC(C)CC2)cc1. The van der Waals surface area contributed by atoms with Gasteiger partial charge >= 0.3 is 0 Å². The molecule has 5 nitrogen and oxygen atoms in total. The van der Waals surface area contributed by atoms with Crippen LogP contribution in [0, 0.1) is 5.92 Å². The summed E-state index contributed by atoms with van der Waals surface area (Å²) in [5, 5.41) is 2.91. The first kappa shape index (κ1) is 17.6. The third kappa shape index (κ3) is 6.48. The first-order chi connectivity index (χ1) is 11.2. The summed E-state index contributed by atoms with van der Waals surface area (Å²) in [6.45, 7) is 8.42. The zero-order valence-electron chi connectivity index (χ0n) is 14.2. The van der Waals surface area contributed by atoms with Gasteiger partial charge in [0.2, 0.25) is 5.91 Å². The fourth-order valence-electron chi connectivity index (χ4n) is 2.64. The highest BCUT2D eigenvalue weighted by molar-refractivity contribution is 5.78. The average Bonchev–Trinajstić information content (AvgIpc) is 2.55. The van der Waals surface area contributed by atoms with Crippen molar-refractivity contribution in [1.29, 1.82) is 0 Å². The lowest BCUT2D eigenvalue weighted by molar-refractivity contribution is -0.122. The van der Waals surface area contributed by atoms with Crippen LogP contribution in [0.2, 0.25) is 0 Å². The molecule has 0 aromatic heterocycles. The highest BCUT2D eigenvalue weighted by atomic mass is 16.5. The first-order valence-electron chi connectivity index (χ1n) is 8.52. The van der Waals surface area contributed by atoms with Crippen LogP contribution in [0.3, 0.4) is 0 Å². The molecule has 0 unspecified atom stereocenters. The van der Waals surface area contributed by atoms with Gasteiger partial charge in [0.05, 0.1) is 19.7 Å². The molecule has 2 rings (SSSR count). The van der Waals surface area contributed by atoms with Crippen molar-refractivity contribution in [1.82, 2.24) is 10.2 Å². The van der Waals surface area contributed by atoms with Gasteiger partial charge in [0.25, 0.3) is 0 Å². The van der Waals surface area contributed by atoms with E-state index in [0.29, 0.717) is 26.3 Å². The molecule has 128 valence electrons. The number of nitrogens with zero attached hydrogens (tertiary/aromatic N) is 1. The Kier molecular flexibility index (Phi) is 7.20. The van der Waals surface area contributed by atoms with Gasteiger partial charge in [-0.1, -0.05) is 6.92 Å². The lowest BCUT2D eigenvalue weighted by atomic mass is 9.99. The van der Waals surface area contributed by atoms with E-state index in [4.69, 9.17) is 9.47 Å². The summed E-state index contributed by atoms with van der Waals surface area (Å²) in [5.74, 6) is 2.49. The molecule has 1 heterocycles. The van der Waals surface area contributed by atoms with E-state index in [0.717, 1.165) is 30.5 Å². The second-order valence-electron chi connectivity index (χ2n) is 6.06. The molecule has 5 heteroatoms. The summed E-state index contributed by atoms with van der Waals surface area (Å²) in [5.41, 5.74) is 0. The summed E-state index contributed by atoms with van der Waals surface area (Å²) >= 11 is 0. The van der Waals surface area contributed by atoms with Gasteiger partial charge in [0.1, 0.15) is 18.1 Å². The van der Waals surface area contributed by atoms with Crippen LogP contribution in [0.25, 0.3) is 0 Å². The van der Waals surface area contributed by atoms with E-state index in [1.54, 1.807) is 0 Å². The molecule has 1 aromatic rings. The lowest BCUT2D eigenvalue weighted by Gasteiger charge is -2.29. The van der Waals surface area contributed by atoms with Gasteiger partial charge < -0.3 is 14.8 Å². The largest absolute Gasteiger partial charge is 0.494 e. The Morgan fingerprint density at radius 3 is 2.39 bits per heavy atom. The summed E-state index contributed by atoms with van der Waals surface area (Å²) in [6.07, 6.45) is 2.38. The molecule has 1 fully saturated rings. The molecule has 0 bridgehead atoms. The standard InChI is InChI=1S/C18H28N2O3/c1-3-22-16-4-6-17(7-5-16)23-13-10-19-18(21)14-20-11-8-15(2)9-12-20/h4-7,15H,3,8-14H2,1-2H3,(H,19,21). The van der Waals surface area contributed by atoms with Crippen LogP contribution in [0.1, 0.15) is 26.7 Å². The number of rotatable bonds is 8. The van der Waals surface area contributed by atoms with Crippen molar-refractivity contribution in [3.05, 3.63) is 24.3 Å². The van der Waals surface area contributed by atoms with Gasteiger partial charge in [-0.2, -0.15) is 0 Å². The number of likely N-dealkylation sites (tertiary alicyclic amines) is 1. The van der Waals surface area contributed by atoms with Gasteiger partial charge in [-0.25, -0.2) is 0 Å². The molecule has 0 atom stereocenters. The molecule has 1 aliphatic heterocycles. The Bertz CT molecular complexity index is 468. The molecule has 0 spiro atoms. The number of carbonyl (C=O) groups excluding carboxylic acids is 1. The van der Waals surface area contributed by atoms with Gasteiger partial charge in [-0.15, -0.1) is 0 Å². The topological polar surface area (TPSA) is 50.8 Å². The Hall–Kier alpha value is -1.75. The quantitative estimate of drug-likeness (QED) is 0.747. The van der Waals surface area contributed by atoms with Crippen LogP contribution in [-0.4, -0.2) is 50.2 Å². The molecular formula is C18H28N2O3. The summed E-state index contributed by atoms with van der Waals surface area (Å²) in [6, 6.07) is 7.52. The number of benzene rings is 1. The van der Waals surface area contributed by atoms with Crippen LogP contribution in [0.5, 0.6) is 11.5 Å². The predicted molar refractivity (Wildman–Crippen MR) is 91.0 cm³/mol. The van der Waals surface area contributed by atoms with Crippen LogP contribution < -0.4 is 14.8 Å². The maximum absolute atomic E-state index is 11.9. The van der Waals surface area contributed by atoms with E-state index in [1.165, 1.54) is 12.8 Å². The highest BCUT2D eigenvalue weighted by Gasteiger charge is 2.17. The van der Waals surface area contributed by atoms with Gasteiger partial charge in [0, 0.05) is 0 Å². The van der Waals surface area contributed by atoms with Crippen molar-refractivity contribution in [3.63, 3.8) is 0 Å². The fourth-order valence-corrected chi connectivity index (χ4v) is 2.64. The summed E-state index contributed by atoms with van der Waals surface area (Å²) in [7, 11) is 0. The minimum absolute atomic E-state index is 0.0786. The second-order valence-corrected chi connectivity index (χ2v) is 6.06. The first-order valence-corrected chi connectivity index (χ1v) is 8.52. The van der Waals surface area contributed by atoms with E-state index >= 15 is 0 Å². The Labute approximate surface area is 139 Å². The predicted octanol–water partition coefficient (Wildman–Crippen LogP) is 2.31. The van der Waals surface area contributed by atoms with Crippen LogP contribution >= 0.6 is 0 Å². The van der Waals surface area contributed by atoms with Crippen LogP contribution in [-0.2, 0) is 4.79 Å². The molecule has 0 radical (unpaired) electrons. The van der Waals surface area contributed by atoms with Gasteiger partial charge in [-0.3, -0.25) is 9.69 Å². The third-order valence-corrected chi connectivity index (χ3v) is 4.07. The molecule has 1 aromatic carbocycles. The second kappa shape index (κ2) is 9.40. The minimum atomic E-state index is 0.0786. The third-order valence-electron chi connectivity index (χ3n) is 4.07. The summed E-state index contributed by atoms with van der Waals surface area (Å²) < 4.78 is 11.0. The van der Waals surface area contributed by atoms with Crippen LogP contribution in [0.4, 0.5) is 0 Å². The van der Waals surface area contributed by atoms with Crippen LogP contribution in [0.15, 0.2) is 24.3 Å². The maximum Gasteiger partial charge on any atom is 0.234 e. The van der Waals surface area contributed by atoms with Gasteiger partial charge in [-0.05, 0) is 63.0 Å². The van der Waals surface area contributed by atoms with Crippen molar-refractivity contribution in [2.45, 2.75) is 26.7 Å². The molecule has 0 saturated carbocycles. The van der Waals surface area contributed by atoms with E-state index in [-0.39, 0.29) is 5.91 Å². The molecule has 1 saturated heterocycles. The van der Waals surface area contributed by atoms with E-state index in [2.05, 4.69) is 17.1 Å². The number of nitrogens with one attached hydrogen (secondary N) is 1. The molecular weight excluding hydrogens is 292 g/mol. The Morgan fingerprint density at radius 2 is 1.78 bits per heavy atom. The number of ether oxygens (including phenoxy) is 2. The van der Waals surface area contributed by atoms with Crippen molar-refractivity contribution in [2.75, 3.05) is 39.4 Å². The van der Waals surface area contributed by atoms with Crippen molar-refractivity contribution < 1.29 is 14.3 Å². The molecule has 0 aliphatic carbocycles. The molecule has 1 amide bonds. The van der Waals surface area contributed by atoms with Gasteiger partial charge in [0.15, 0.2) is 0 Å². The smallest absolute Gasteiger partial charge is 0.234 e.